The van der Waals surface area contributed by atoms with Crippen molar-refractivity contribution in [3.05, 3.63) is 40.7 Å². The van der Waals surface area contributed by atoms with Crippen molar-refractivity contribution in [1.82, 2.24) is 10.3 Å². The van der Waals surface area contributed by atoms with Crippen molar-refractivity contribution in [3.8, 4) is 16.6 Å². The summed E-state index contributed by atoms with van der Waals surface area (Å²) in [5, 5.41) is 14.3. The summed E-state index contributed by atoms with van der Waals surface area (Å²) < 4.78 is 19.5. The minimum absolute atomic E-state index is 0.0543. The van der Waals surface area contributed by atoms with Crippen LogP contribution in [-0.2, 0) is 11.2 Å². The van der Waals surface area contributed by atoms with Gasteiger partial charge in [-0.05, 0) is 39.3 Å². The van der Waals surface area contributed by atoms with Crippen molar-refractivity contribution in [2.24, 2.45) is 0 Å². The number of aryl methyl sites for hydroxylation is 1. The molecule has 132 valence electrons. The summed E-state index contributed by atoms with van der Waals surface area (Å²) in [6.45, 7) is 7.07. The standard InChI is InChI=1S/C18H20FN3O2S/c1-11-10-25-16(21-11)13-6-5-12(15(19)8-13)7-14(9-20)22-17(23)24-18(2,3)4/h5-6,8,10,14H,7H2,1-4H3,(H,22,23)/t14-/m0/s1. The van der Waals surface area contributed by atoms with Gasteiger partial charge >= 0.3 is 6.09 Å². The van der Waals surface area contributed by atoms with E-state index in [2.05, 4.69) is 10.3 Å². The van der Waals surface area contributed by atoms with Gasteiger partial charge in [0, 0.05) is 23.1 Å². The average molecular weight is 361 g/mol. The van der Waals surface area contributed by atoms with Gasteiger partial charge in [0.2, 0.25) is 0 Å². The maximum atomic E-state index is 14.4. The van der Waals surface area contributed by atoms with E-state index in [1.54, 1.807) is 32.9 Å². The second-order valence-corrected chi connectivity index (χ2v) is 7.49. The molecule has 1 amide bonds. The molecule has 0 unspecified atom stereocenters. The third-order valence-electron chi connectivity index (χ3n) is 3.19. The predicted octanol–water partition coefficient (Wildman–Crippen LogP) is 4.22. The highest BCUT2D eigenvalue weighted by atomic mass is 32.1. The first-order chi connectivity index (χ1) is 11.7. The number of carbonyl (C=O) groups is 1. The van der Waals surface area contributed by atoms with Gasteiger partial charge in [0.25, 0.3) is 0 Å². The van der Waals surface area contributed by atoms with Gasteiger partial charge in [0.15, 0.2) is 0 Å². The van der Waals surface area contributed by atoms with E-state index in [1.165, 1.54) is 17.4 Å². The number of ether oxygens (including phenoxy) is 1. The minimum atomic E-state index is -0.877. The molecule has 0 saturated carbocycles. The van der Waals surface area contributed by atoms with Crippen LogP contribution in [-0.4, -0.2) is 22.7 Å². The topological polar surface area (TPSA) is 75.0 Å². The SMILES string of the molecule is Cc1csc(-c2ccc(C[C@@H](C#N)NC(=O)OC(C)(C)C)c(F)c2)n1. The number of hydrogen-bond acceptors (Lipinski definition) is 5. The Morgan fingerprint density at radius 3 is 2.72 bits per heavy atom. The number of carbonyl (C=O) groups excluding carboxylic acids is 1. The Morgan fingerprint density at radius 1 is 1.48 bits per heavy atom. The van der Waals surface area contributed by atoms with Crippen LogP contribution in [0.5, 0.6) is 0 Å². The minimum Gasteiger partial charge on any atom is -0.444 e. The Balaban J connectivity index is 2.08. The molecule has 0 radical (unpaired) electrons. The van der Waals surface area contributed by atoms with Crippen LogP contribution in [0.2, 0.25) is 0 Å². The molecule has 7 heteroatoms. The molecule has 0 bridgehead atoms. The Kier molecular flexibility index (Phi) is 5.75. The normalized spacial score (nSPS) is 12.3. The Morgan fingerprint density at radius 2 is 2.20 bits per heavy atom. The molecule has 1 heterocycles. The molecular formula is C18H20FN3O2S. The maximum Gasteiger partial charge on any atom is 0.408 e. The zero-order chi connectivity index (χ0) is 18.6. The Hall–Kier alpha value is -2.46. The van der Waals surface area contributed by atoms with Gasteiger partial charge in [-0.3, -0.25) is 0 Å². The van der Waals surface area contributed by atoms with E-state index in [9.17, 15) is 14.4 Å². The smallest absolute Gasteiger partial charge is 0.408 e. The van der Waals surface area contributed by atoms with Crippen molar-refractivity contribution in [2.75, 3.05) is 0 Å². The second-order valence-electron chi connectivity index (χ2n) is 6.63. The van der Waals surface area contributed by atoms with E-state index in [4.69, 9.17) is 4.74 Å². The molecule has 1 atom stereocenters. The number of amides is 1. The summed E-state index contributed by atoms with van der Waals surface area (Å²) in [5.41, 5.74) is 1.26. The molecule has 1 aromatic carbocycles. The second kappa shape index (κ2) is 7.62. The molecule has 5 nitrogen and oxygen atoms in total. The highest BCUT2D eigenvalue weighted by Crippen LogP contribution is 2.25. The molecule has 2 aromatic rings. The lowest BCUT2D eigenvalue weighted by molar-refractivity contribution is 0.0515. The lowest BCUT2D eigenvalue weighted by Crippen LogP contribution is -2.39. The van der Waals surface area contributed by atoms with Gasteiger partial charge in [0.05, 0.1) is 6.07 Å². The lowest BCUT2D eigenvalue weighted by atomic mass is 10.0. The third kappa shape index (κ3) is 5.54. The molecular weight excluding hydrogens is 341 g/mol. The monoisotopic (exact) mass is 361 g/mol. The van der Waals surface area contributed by atoms with Crippen LogP contribution < -0.4 is 5.32 Å². The van der Waals surface area contributed by atoms with E-state index in [0.29, 0.717) is 11.1 Å². The molecule has 1 N–H and O–H groups in total. The van der Waals surface area contributed by atoms with Crippen LogP contribution in [0.1, 0.15) is 32.0 Å². The van der Waals surface area contributed by atoms with Crippen molar-refractivity contribution in [1.29, 1.82) is 5.26 Å². The summed E-state index contributed by atoms with van der Waals surface area (Å²) in [4.78, 5) is 16.1. The quantitative estimate of drug-likeness (QED) is 0.885. The van der Waals surface area contributed by atoms with E-state index in [-0.39, 0.29) is 6.42 Å². The van der Waals surface area contributed by atoms with Crippen LogP contribution in [0, 0.1) is 24.1 Å². The van der Waals surface area contributed by atoms with Gasteiger partial charge in [-0.1, -0.05) is 12.1 Å². The molecule has 0 aliphatic carbocycles. The van der Waals surface area contributed by atoms with E-state index in [1.807, 2.05) is 18.4 Å². The number of aromatic nitrogens is 1. The molecule has 0 saturated heterocycles. The van der Waals surface area contributed by atoms with Crippen LogP contribution in [0.25, 0.3) is 10.6 Å². The zero-order valence-electron chi connectivity index (χ0n) is 14.6. The van der Waals surface area contributed by atoms with Crippen molar-refractivity contribution in [2.45, 2.75) is 45.8 Å². The van der Waals surface area contributed by atoms with Crippen LogP contribution in [0.15, 0.2) is 23.6 Å². The fraction of sp³-hybridized carbons (Fsp3) is 0.389. The van der Waals surface area contributed by atoms with Gasteiger partial charge < -0.3 is 10.1 Å². The molecule has 0 spiro atoms. The molecule has 0 aliphatic rings. The van der Waals surface area contributed by atoms with E-state index >= 15 is 0 Å². The molecule has 2 rings (SSSR count). The fourth-order valence-corrected chi connectivity index (χ4v) is 2.93. The highest BCUT2D eigenvalue weighted by Gasteiger charge is 2.20. The number of hydrogen-bond donors (Lipinski definition) is 1. The zero-order valence-corrected chi connectivity index (χ0v) is 15.4. The van der Waals surface area contributed by atoms with E-state index < -0.39 is 23.6 Å². The molecule has 0 fully saturated rings. The van der Waals surface area contributed by atoms with Crippen LogP contribution in [0.4, 0.5) is 9.18 Å². The fourth-order valence-electron chi connectivity index (χ4n) is 2.13. The highest BCUT2D eigenvalue weighted by molar-refractivity contribution is 7.13. The number of thiazole rings is 1. The first-order valence-electron chi connectivity index (χ1n) is 7.78. The third-order valence-corrected chi connectivity index (χ3v) is 4.20. The number of benzene rings is 1. The van der Waals surface area contributed by atoms with Crippen molar-refractivity contribution in [3.63, 3.8) is 0 Å². The number of nitrogens with zero attached hydrogens (tertiary/aromatic N) is 2. The summed E-state index contributed by atoms with van der Waals surface area (Å²) in [6, 6.07) is 5.85. The summed E-state index contributed by atoms with van der Waals surface area (Å²) in [6.07, 6.45) is -0.645. The number of nitrogens with one attached hydrogen (secondary N) is 1. The number of alkyl carbamates (subject to hydrolysis) is 1. The van der Waals surface area contributed by atoms with Gasteiger partial charge in [-0.25, -0.2) is 14.2 Å². The summed E-state index contributed by atoms with van der Waals surface area (Å²) in [5.74, 6) is -0.434. The van der Waals surface area contributed by atoms with Gasteiger partial charge in [-0.2, -0.15) is 5.26 Å². The van der Waals surface area contributed by atoms with Crippen molar-refractivity contribution >= 4 is 17.4 Å². The Bertz CT molecular complexity index is 805. The molecule has 0 aliphatic heterocycles. The number of halogens is 1. The largest absolute Gasteiger partial charge is 0.444 e. The first-order valence-corrected chi connectivity index (χ1v) is 8.66. The average Bonchev–Trinajstić information content (AvgIpc) is 2.93. The van der Waals surface area contributed by atoms with Gasteiger partial charge in [0.1, 0.15) is 22.5 Å². The number of nitriles is 1. The first kappa shape index (κ1) is 18.9. The lowest BCUT2D eigenvalue weighted by Gasteiger charge is -2.21. The maximum absolute atomic E-state index is 14.4. The van der Waals surface area contributed by atoms with E-state index in [0.717, 1.165) is 10.7 Å². The summed E-state index contributed by atoms with van der Waals surface area (Å²) in [7, 11) is 0. The number of rotatable bonds is 4. The van der Waals surface area contributed by atoms with Gasteiger partial charge in [-0.15, -0.1) is 11.3 Å². The molecule has 25 heavy (non-hydrogen) atoms. The molecule has 1 aromatic heterocycles. The van der Waals surface area contributed by atoms with Crippen LogP contribution in [0.3, 0.4) is 0 Å². The van der Waals surface area contributed by atoms with Crippen LogP contribution >= 0.6 is 11.3 Å². The van der Waals surface area contributed by atoms with Crippen molar-refractivity contribution < 1.29 is 13.9 Å². The summed E-state index contributed by atoms with van der Waals surface area (Å²) >= 11 is 1.45. The predicted molar refractivity (Wildman–Crippen MR) is 94.7 cm³/mol. The Labute approximate surface area is 150 Å².